The number of carbonyl (C=O) groups excluding carboxylic acids is 5. The minimum absolute atomic E-state index is 0.0766. The fourth-order valence-electron chi connectivity index (χ4n) is 5.47. The standard InChI is InChI=1S/C32H35NO14/c1-16(34)41-15-26-27(44-17(2)35)28(45-18(3)36)29(46-19(4)37)31(47-26)42-14-25(30(38)39)33-32(40)43-13-24-22-11-7-5-9-20(22)21-10-6-8-12-23(21)24/h5-12,24-29,31H,13-15H2,1-4H3,(H,33,40)(H,38,39)/t25-,26?,27+,28?,29+,31-/m0/s1. The first-order chi connectivity index (χ1) is 22.3. The molecule has 0 spiro atoms. The minimum atomic E-state index is -1.68. The molecule has 0 radical (unpaired) electrons. The Morgan fingerprint density at radius 2 is 1.26 bits per heavy atom. The highest BCUT2D eigenvalue weighted by Gasteiger charge is 2.53. The first kappa shape index (κ1) is 34.8. The number of carboxylic acid groups (broad SMARTS) is 1. The third-order valence-electron chi connectivity index (χ3n) is 7.31. The van der Waals surface area contributed by atoms with Crippen LogP contribution in [0.15, 0.2) is 48.5 Å². The van der Waals surface area contributed by atoms with Gasteiger partial charge < -0.3 is 43.6 Å². The molecule has 2 aliphatic rings. The van der Waals surface area contributed by atoms with Crippen molar-refractivity contribution >= 4 is 35.9 Å². The van der Waals surface area contributed by atoms with Crippen molar-refractivity contribution in [3.8, 4) is 11.1 Å². The van der Waals surface area contributed by atoms with Gasteiger partial charge in [-0.25, -0.2) is 9.59 Å². The van der Waals surface area contributed by atoms with Gasteiger partial charge in [0.25, 0.3) is 0 Å². The molecular weight excluding hydrogens is 622 g/mol. The van der Waals surface area contributed by atoms with Crippen molar-refractivity contribution < 1.29 is 67.0 Å². The maximum atomic E-state index is 12.8. The molecule has 1 aliphatic carbocycles. The van der Waals surface area contributed by atoms with Crippen LogP contribution in [0.4, 0.5) is 4.79 Å². The van der Waals surface area contributed by atoms with Crippen LogP contribution in [0.3, 0.4) is 0 Å². The van der Waals surface area contributed by atoms with E-state index in [2.05, 4.69) is 5.32 Å². The van der Waals surface area contributed by atoms with Gasteiger partial charge in [-0.2, -0.15) is 0 Å². The van der Waals surface area contributed by atoms with E-state index in [0.717, 1.165) is 49.9 Å². The van der Waals surface area contributed by atoms with Gasteiger partial charge in [-0.3, -0.25) is 19.2 Å². The number of esters is 4. The molecule has 4 rings (SSSR count). The zero-order valence-electron chi connectivity index (χ0n) is 26.0. The SMILES string of the molecule is CC(=O)OCC1O[C@H](OC[C@H](NC(=O)OCC2c3ccccc3-c3ccccc32)C(=O)O)[C@H](OC(C)=O)C(OC(C)=O)[C@@H]1OC(C)=O. The van der Waals surface area contributed by atoms with E-state index in [0.29, 0.717) is 0 Å². The summed E-state index contributed by atoms with van der Waals surface area (Å²) in [5, 5.41) is 12.1. The molecule has 1 fully saturated rings. The molecule has 1 heterocycles. The molecule has 1 amide bonds. The number of rotatable bonds is 12. The number of nitrogens with one attached hydrogen (secondary N) is 1. The highest BCUT2D eigenvalue weighted by molar-refractivity contribution is 5.81. The zero-order valence-corrected chi connectivity index (χ0v) is 26.0. The van der Waals surface area contributed by atoms with Gasteiger partial charge in [0.2, 0.25) is 0 Å². The van der Waals surface area contributed by atoms with Gasteiger partial charge in [-0.05, 0) is 22.3 Å². The molecule has 252 valence electrons. The van der Waals surface area contributed by atoms with Crippen molar-refractivity contribution in [2.24, 2.45) is 0 Å². The predicted molar refractivity (Wildman–Crippen MR) is 158 cm³/mol. The summed E-state index contributed by atoms with van der Waals surface area (Å²) in [4.78, 5) is 72.4. The van der Waals surface area contributed by atoms with E-state index in [1.54, 1.807) is 0 Å². The minimum Gasteiger partial charge on any atom is -0.480 e. The molecule has 2 N–H and O–H groups in total. The second kappa shape index (κ2) is 15.5. The maximum absolute atomic E-state index is 12.8. The second-order valence-electron chi connectivity index (χ2n) is 10.8. The van der Waals surface area contributed by atoms with Crippen LogP contribution in [0.1, 0.15) is 44.7 Å². The number of amides is 1. The van der Waals surface area contributed by atoms with Crippen LogP contribution >= 0.6 is 0 Å². The van der Waals surface area contributed by atoms with Crippen molar-refractivity contribution in [3.05, 3.63) is 59.7 Å². The van der Waals surface area contributed by atoms with Gasteiger partial charge in [-0.15, -0.1) is 0 Å². The number of hydrogen-bond acceptors (Lipinski definition) is 13. The lowest BCUT2D eigenvalue weighted by atomic mass is 9.98. The van der Waals surface area contributed by atoms with E-state index in [1.165, 1.54) is 0 Å². The van der Waals surface area contributed by atoms with Crippen LogP contribution in [0.5, 0.6) is 0 Å². The van der Waals surface area contributed by atoms with E-state index in [4.69, 9.17) is 33.2 Å². The summed E-state index contributed by atoms with van der Waals surface area (Å²) in [6.45, 7) is 2.98. The van der Waals surface area contributed by atoms with Crippen molar-refractivity contribution in [1.29, 1.82) is 0 Å². The second-order valence-corrected chi connectivity index (χ2v) is 10.8. The summed E-state index contributed by atoms with van der Waals surface area (Å²) >= 11 is 0. The van der Waals surface area contributed by atoms with Crippen molar-refractivity contribution in [1.82, 2.24) is 5.32 Å². The molecule has 2 aromatic rings. The van der Waals surface area contributed by atoms with Gasteiger partial charge in [-0.1, -0.05) is 48.5 Å². The van der Waals surface area contributed by atoms with Crippen molar-refractivity contribution in [2.45, 2.75) is 70.4 Å². The molecule has 2 unspecified atom stereocenters. The van der Waals surface area contributed by atoms with Crippen LogP contribution in [0.2, 0.25) is 0 Å². The van der Waals surface area contributed by atoms with Gasteiger partial charge in [0.1, 0.15) is 19.3 Å². The summed E-state index contributed by atoms with van der Waals surface area (Å²) in [7, 11) is 0. The molecule has 47 heavy (non-hydrogen) atoms. The van der Waals surface area contributed by atoms with E-state index >= 15 is 0 Å². The highest BCUT2D eigenvalue weighted by Crippen LogP contribution is 2.44. The molecule has 2 aromatic carbocycles. The number of alkyl carbamates (subject to hydrolysis) is 1. The van der Waals surface area contributed by atoms with E-state index in [9.17, 15) is 33.9 Å². The lowest BCUT2D eigenvalue weighted by Crippen LogP contribution is -2.63. The number of aliphatic carboxylic acids is 1. The van der Waals surface area contributed by atoms with Crippen LogP contribution in [0, 0.1) is 0 Å². The van der Waals surface area contributed by atoms with Gasteiger partial charge in [0.05, 0.1) is 6.61 Å². The monoisotopic (exact) mass is 657 g/mol. The molecule has 0 saturated carbocycles. The van der Waals surface area contributed by atoms with E-state index < -0.39 is 85.9 Å². The van der Waals surface area contributed by atoms with Crippen LogP contribution < -0.4 is 5.32 Å². The van der Waals surface area contributed by atoms with Crippen LogP contribution in [-0.4, -0.2) is 97.6 Å². The fourth-order valence-corrected chi connectivity index (χ4v) is 5.47. The lowest BCUT2D eigenvalue weighted by Gasteiger charge is -2.44. The Labute approximate surface area is 269 Å². The molecule has 15 heteroatoms. The van der Waals surface area contributed by atoms with Crippen LogP contribution in [0.25, 0.3) is 11.1 Å². The quantitative estimate of drug-likeness (QED) is 0.248. The van der Waals surface area contributed by atoms with E-state index in [1.807, 2.05) is 48.5 Å². The number of fused-ring (bicyclic) bond motifs is 3. The summed E-state index contributed by atoms with van der Waals surface area (Å²) in [5.74, 6) is -5.01. The number of benzene rings is 2. The Bertz CT molecular complexity index is 1460. The largest absolute Gasteiger partial charge is 0.480 e. The third-order valence-corrected chi connectivity index (χ3v) is 7.31. The van der Waals surface area contributed by atoms with Gasteiger partial charge in [0.15, 0.2) is 30.6 Å². The molecular formula is C32H35NO14. The predicted octanol–water partition coefficient (Wildman–Crippen LogP) is 2.08. The molecule has 0 bridgehead atoms. The molecule has 1 saturated heterocycles. The van der Waals surface area contributed by atoms with Gasteiger partial charge in [0, 0.05) is 33.6 Å². The topological polar surface area (TPSA) is 199 Å². The number of ether oxygens (including phenoxy) is 7. The summed E-state index contributed by atoms with van der Waals surface area (Å²) in [6, 6.07) is 13.7. The normalized spacial score (nSPS) is 22.1. The Morgan fingerprint density at radius 1 is 0.723 bits per heavy atom. The smallest absolute Gasteiger partial charge is 0.407 e. The number of carbonyl (C=O) groups is 6. The summed E-state index contributed by atoms with van der Waals surface area (Å²) < 4.78 is 37.9. The molecule has 1 aliphatic heterocycles. The van der Waals surface area contributed by atoms with Crippen LogP contribution in [-0.2, 0) is 57.1 Å². The Balaban J connectivity index is 1.48. The average molecular weight is 658 g/mol. The Kier molecular flexibility index (Phi) is 11.5. The molecule has 6 atom stereocenters. The average Bonchev–Trinajstić information content (AvgIpc) is 3.32. The number of carboxylic acids is 1. The zero-order chi connectivity index (χ0) is 34.2. The summed E-state index contributed by atoms with van der Waals surface area (Å²) in [6.07, 6.45) is -8.49. The molecule has 0 aromatic heterocycles. The Hall–Kier alpha value is -5.02. The lowest BCUT2D eigenvalue weighted by molar-refractivity contribution is -0.308. The first-order valence-corrected chi connectivity index (χ1v) is 14.6. The van der Waals surface area contributed by atoms with Crippen molar-refractivity contribution in [2.75, 3.05) is 19.8 Å². The Morgan fingerprint density at radius 3 is 1.79 bits per heavy atom. The fraction of sp³-hybridized carbons (Fsp3) is 0.438. The number of hydrogen-bond donors (Lipinski definition) is 2. The van der Waals surface area contributed by atoms with Gasteiger partial charge >= 0.3 is 35.9 Å². The highest BCUT2D eigenvalue weighted by atomic mass is 16.7. The van der Waals surface area contributed by atoms with Crippen molar-refractivity contribution in [3.63, 3.8) is 0 Å². The molecule has 15 nitrogen and oxygen atoms in total. The third kappa shape index (κ3) is 8.83. The first-order valence-electron chi connectivity index (χ1n) is 14.6. The summed E-state index contributed by atoms with van der Waals surface area (Å²) in [5.41, 5.74) is 3.95. The maximum Gasteiger partial charge on any atom is 0.407 e. The van der Waals surface area contributed by atoms with E-state index in [-0.39, 0.29) is 12.5 Å².